The highest BCUT2D eigenvalue weighted by molar-refractivity contribution is 6.39. The molecule has 14 nitrogen and oxygen atoms in total. The SMILES string of the molecule is CCOc1cccc(N[C@H]2C[C@@H]3CC[C@@H](C)[C@@](O)(O3)C(=O)C(=O)N3CCCC[C@H]3C(=O)O[C@H]([C@H](C)C[C@H]3CC[C@@H](O)[C@H](OC)C3)CC[C@H](C)/C=C(\C)[C@@H](O)[C@@H](OC)C(=O)[C@H](C)C[C@H](C)/C=C/C=C/C=C/2C)c1. The largest absolute Gasteiger partial charge is 0.494 e. The van der Waals surface area contributed by atoms with Gasteiger partial charge in [-0.15, -0.1) is 0 Å². The number of fused-ring (bicyclic) bond motifs is 3. The van der Waals surface area contributed by atoms with Crippen LogP contribution in [0, 0.1) is 35.5 Å². The molecular weight excluding hydrogens is 917 g/mol. The number of esters is 1. The van der Waals surface area contributed by atoms with Crippen LogP contribution in [0.15, 0.2) is 71.9 Å². The third-order valence-corrected chi connectivity index (χ3v) is 15.8. The van der Waals surface area contributed by atoms with Gasteiger partial charge in [0.05, 0.1) is 24.9 Å². The van der Waals surface area contributed by atoms with Crippen molar-refractivity contribution in [1.82, 2.24) is 4.90 Å². The summed E-state index contributed by atoms with van der Waals surface area (Å²) in [7, 11) is 3.06. The summed E-state index contributed by atoms with van der Waals surface area (Å²) in [6, 6.07) is 6.30. The van der Waals surface area contributed by atoms with Crippen molar-refractivity contribution in [2.24, 2.45) is 35.5 Å². The highest BCUT2D eigenvalue weighted by atomic mass is 16.6. The minimum Gasteiger partial charge on any atom is -0.494 e. The maximum atomic E-state index is 14.5. The van der Waals surface area contributed by atoms with E-state index in [1.807, 2.05) is 88.4 Å². The Kier molecular flexibility index (Phi) is 22.8. The summed E-state index contributed by atoms with van der Waals surface area (Å²) in [5, 5.41) is 38.0. The summed E-state index contributed by atoms with van der Waals surface area (Å²) in [5.41, 5.74) is 2.37. The Morgan fingerprint density at radius 1 is 0.861 bits per heavy atom. The van der Waals surface area contributed by atoms with E-state index in [-0.39, 0.29) is 54.1 Å². The van der Waals surface area contributed by atoms with Crippen LogP contribution in [0.1, 0.15) is 139 Å². The number of aliphatic hydroxyl groups is 3. The maximum Gasteiger partial charge on any atom is 0.329 e. The van der Waals surface area contributed by atoms with Crippen LogP contribution in [0.4, 0.5) is 5.69 Å². The number of nitrogens with one attached hydrogen (secondary N) is 1. The van der Waals surface area contributed by atoms with Crippen molar-refractivity contribution in [1.29, 1.82) is 0 Å². The van der Waals surface area contributed by atoms with Gasteiger partial charge in [-0.1, -0.05) is 82.7 Å². The van der Waals surface area contributed by atoms with Crippen molar-refractivity contribution in [3.8, 4) is 5.75 Å². The van der Waals surface area contributed by atoms with Gasteiger partial charge in [0.25, 0.3) is 11.7 Å². The molecule has 1 aromatic carbocycles. The quantitative estimate of drug-likeness (QED) is 0.104. The number of aliphatic hydroxyl groups excluding tert-OH is 2. The molecule has 5 rings (SSSR count). The van der Waals surface area contributed by atoms with Crippen LogP contribution in [0.5, 0.6) is 5.75 Å². The Morgan fingerprint density at radius 2 is 1.62 bits per heavy atom. The van der Waals surface area contributed by atoms with Gasteiger partial charge in [0.2, 0.25) is 5.79 Å². The fourth-order valence-electron chi connectivity index (χ4n) is 11.3. The number of Topliss-reactive ketones (excluding diaryl/α,β-unsaturated/α-hetero) is 2. The Morgan fingerprint density at radius 3 is 2.35 bits per heavy atom. The number of benzene rings is 1. The molecule has 0 radical (unpaired) electrons. The zero-order valence-corrected chi connectivity index (χ0v) is 44.9. The van der Waals surface area contributed by atoms with Gasteiger partial charge in [-0.3, -0.25) is 14.4 Å². The highest BCUT2D eigenvalue weighted by Crippen LogP contribution is 2.38. The van der Waals surface area contributed by atoms with Crippen LogP contribution in [-0.4, -0.2) is 126 Å². The average molecular weight is 1010 g/mol. The number of anilines is 1. The van der Waals surface area contributed by atoms with Crippen molar-refractivity contribution in [2.45, 2.75) is 193 Å². The molecule has 4 aliphatic rings. The molecule has 1 amide bonds. The second kappa shape index (κ2) is 27.9. The topological polar surface area (TPSA) is 190 Å². The van der Waals surface area contributed by atoms with Gasteiger partial charge in [0.1, 0.15) is 30.1 Å². The lowest BCUT2D eigenvalue weighted by atomic mass is 9.78. The van der Waals surface area contributed by atoms with Crippen molar-refractivity contribution >= 4 is 29.1 Å². The van der Waals surface area contributed by atoms with Gasteiger partial charge in [0.15, 0.2) is 5.78 Å². The van der Waals surface area contributed by atoms with E-state index in [0.29, 0.717) is 95.0 Å². The zero-order valence-electron chi connectivity index (χ0n) is 44.9. The van der Waals surface area contributed by atoms with E-state index in [9.17, 15) is 34.5 Å². The smallest absolute Gasteiger partial charge is 0.329 e. The molecule has 0 spiro atoms. The van der Waals surface area contributed by atoms with E-state index in [0.717, 1.165) is 17.7 Å². The second-order valence-electron chi connectivity index (χ2n) is 21.6. The zero-order chi connectivity index (χ0) is 52.7. The molecule has 15 atom stereocenters. The lowest BCUT2D eigenvalue weighted by Gasteiger charge is -2.43. The fraction of sp³-hybridized carbons (Fsp3) is 0.690. The molecule has 402 valence electrons. The minimum atomic E-state index is -2.42. The first-order valence-corrected chi connectivity index (χ1v) is 26.9. The standard InChI is InChI=1S/C58H88N2O12/c1-11-70-45-21-17-20-44(34-45)59-47-35-46-26-24-42(8)58(67,72-46)55(64)56(65)60-29-16-15-22-48(60)57(66)71-50(39(5)32-43-25-27-49(61)51(33-43)68-9)28-23-37(3)31-41(7)53(63)54(69-10)52(62)40(6)30-36(2)18-13-12-14-19-38(47)4/h12-14,17-21,31,34,36-37,39-40,42-43,46-51,53-54,59,61,63,67H,11,15-16,22-30,32-33,35H2,1-10H3/b14-12+,18-13+,38-19+,41-31+/t36-,37+,39-,40-,42-,43-,46+,47+,48+,49-,50+,51-,53-,54+,58-/m1/s1. The molecule has 4 N–H and O–H groups in total. The molecule has 14 heteroatoms. The monoisotopic (exact) mass is 1000 g/mol. The number of cyclic esters (lactones) is 1. The first-order valence-electron chi connectivity index (χ1n) is 26.9. The fourth-order valence-corrected chi connectivity index (χ4v) is 11.3. The van der Waals surface area contributed by atoms with Crippen molar-refractivity contribution in [3.63, 3.8) is 0 Å². The Balaban J connectivity index is 1.49. The molecule has 2 saturated heterocycles. The number of rotatable bonds is 9. The number of methoxy groups -OCH3 is 2. The van der Waals surface area contributed by atoms with E-state index in [1.54, 1.807) is 21.0 Å². The van der Waals surface area contributed by atoms with Crippen molar-refractivity contribution in [2.75, 3.05) is 32.7 Å². The highest BCUT2D eigenvalue weighted by Gasteiger charge is 2.53. The molecule has 3 heterocycles. The summed E-state index contributed by atoms with van der Waals surface area (Å²) in [5.74, 6) is -5.54. The third kappa shape index (κ3) is 15.9. The molecule has 2 bridgehead atoms. The van der Waals surface area contributed by atoms with Crippen LogP contribution >= 0.6 is 0 Å². The van der Waals surface area contributed by atoms with Crippen LogP contribution in [0.3, 0.4) is 0 Å². The Labute approximate surface area is 430 Å². The van der Waals surface area contributed by atoms with Gasteiger partial charge >= 0.3 is 5.97 Å². The van der Waals surface area contributed by atoms with E-state index < -0.39 is 65.9 Å². The van der Waals surface area contributed by atoms with Crippen molar-refractivity contribution < 1.29 is 58.2 Å². The number of ether oxygens (including phenoxy) is 5. The molecule has 72 heavy (non-hydrogen) atoms. The summed E-state index contributed by atoms with van der Waals surface area (Å²) < 4.78 is 29.9. The third-order valence-electron chi connectivity index (χ3n) is 15.8. The van der Waals surface area contributed by atoms with Gasteiger partial charge in [0, 0.05) is 50.4 Å². The van der Waals surface area contributed by atoms with E-state index in [1.165, 1.54) is 12.0 Å². The number of carbonyl (C=O) groups excluding carboxylic acids is 4. The Bertz CT molecular complexity index is 2070. The van der Waals surface area contributed by atoms with Gasteiger partial charge in [-0.25, -0.2) is 4.79 Å². The minimum absolute atomic E-state index is 0.0449. The number of amides is 1. The van der Waals surface area contributed by atoms with E-state index in [2.05, 4.69) is 19.2 Å². The van der Waals surface area contributed by atoms with Crippen molar-refractivity contribution in [3.05, 3.63) is 71.9 Å². The molecule has 0 unspecified atom stereocenters. The normalized spacial score (nSPS) is 37.5. The molecule has 3 aliphatic heterocycles. The number of piperidine rings is 1. The number of allylic oxidation sites excluding steroid dienone is 6. The van der Waals surface area contributed by atoms with Gasteiger partial charge < -0.3 is 49.2 Å². The van der Waals surface area contributed by atoms with Crippen LogP contribution in [-0.2, 0) is 38.1 Å². The summed E-state index contributed by atoms with van der Waals surface area (Å²) in [6.07, 6.45) is 14.9. The average Bonchev–Trinajstić information content (AvgIpc) is 3.35. The number of ketones is 2. The van der Waals surface area contributed by atoms with Crippen LogP contribution in [0.2, 0.25) is 0 Å². The number of nitrogens with zero attached hydrogens (tertiary/aromatic N) is 1. The first kappa shape index (κ1) is 58.7. The summed E-state index contributed by atoms with van der Waals surface area (Å²) >= 11 is 0. The van der Waals surface area contributed by atoms with E-state index >= 15 is 0 Å². The first-order chi connectivity index (χ1) is 34.3. The van der Waals surface area contributed by atoms with E-state index in [4.69, 9.17) is 23.7 Å². The molecule has 3 fully saturated rings. The molecule has 1 aliphatic carbocycles. The maximum absolute atomic E-state index is 14.5. The van der Waals surface area contributed by atoms with Crippen LogP contribution < -0.4 is 10.1 Å². The number of carbonyl (C=O) groups is 4. The number of hydrogen-bond donors (Lipinski definition) is 4. The Hall–Kier alpha value is -4.18. The lowest BCUT2D eigenvalue weighted by Crippen LogP contribution is -2.61. The van der Waals surface area contributed by atoms with Gasteiger partial charge in [-0.05, 0) is 146 Å². The van der Waals surface area contributed by atoms with Crippen LogP contribution in [0.25, 0.3) is 0 Å². The second-order valence-corrected chi connectivity index (χ2v) is 21.6. The van der Waals surface area contributed by atoms with Gasteiger partial charge in [-0.2, -0.15) is 0 Å². The molecule has 0 aromatic heterocycles. The number of hydrogen-bond acceptors (Lipinski definition) is 13. The predicted octanol–water partition coefficient (Wildman–Crippen LogP) is 8.87. The summed E-state index contributed by atoms with van der Waals surface area (Å²) in [6.45, 7) is 16.1. The molecule has 1 aromatic rings. The molecular formula is C58H88N2O12. The predicted molar refractivity (Wildman–Crippen MR) is 279 cm³/mol. The lowest BCUT2D eigenvalue weighted by molar-refractivity contribution is -0.263. The summed E-state index contributed by atoms with van der Waals surface area (Å²) in [4.78, 5) is 58.7. The molecule has 1 saturated carbocycles.